The molecular formula is C12H26O3. The molecule has 0 amide bonds. The van der Waals surface area contributed by atoms with Gasteiger partial charge >= 0.3 is 0 Å². The second kappa shape index (κ2) is 8.08. The summed E-state index contributed by atoms with van der Waals surface area (Å²) in [5.41, 5.74) is 0. The largest absolute Gasteiger partial charge is 0.394 e. The Morgan fingerprint density at radius 2 is 1.67 bits per heavy atom. The number of hydrogen-bond donors (Lipinski definition) is 1. The Labute approximate surface area is 93.8 Å². The molecule has 15 heavy (non-hydrogen) atoms. The van der Waals surface area contributed by atoms with Crippen LogP contribution in [0.1, 0.15) is 41.0 Å². The molecule has 0 fully saturated rings. The Bertz CT molecular complexity index is 148. The molecule has 0 rings (SSSR count). The van der Waals surface area contributed by atoms with Crippen LogP contribution in [0.25, 0.3) is 0 Å². The summed E-state index contributed by atoms with van der Waals surface area (Å²) >= 11 is 0. The third-order valence-electron chi connectivity index (χ3n) is 2.43. The first kappa shape index (κ1) is 14.9. The summed E-state index contributed by atoms with van der Waals surface area (Å²) < 4.78 is 11.3. The minimum Gasteiger partial charge on any atom is -0.394 e. The number of hydrogen-bond acceptors (Lipinski definition) is 3. The monoisotopic (exact) mass is 218 g/mol. The van der Waals surface area contributed by atoms with Crippen LogP contribution >= 0.6 is 0 Å². The van der Waals surface area contributed by atoms with Crippen LogP contribution in [0.15, 0.2) is 0 Å². The van der Waals surface area contributed by atoms with Gasteiger partial charge in [0.1, 0.15) is 0 Å². The second-order valence-corrected chi connectivity index (χ2v) is 4.46. The number of aliphatic hydroxyl groups excluding tert-OH is 1. The Hall–Kier alpha value is -0.120. The molecule has 0 heterocycles. The van der Waals surface area contributed by atoms with Gasteiger partial charge in [-0.2, -0.15) is 0 Å². The molecule has 3 unspecified atom stereocenters. The van der Waals surface area contributed by atoms with Crippen LogP contribution in [0.4, 0.5) is 0 Å². The fourth-order valence-corrected chi connectivity index (χ4v) is 1.41. The third kappa shape index (κ3) is 6.88. The average Bonchev–Trinajstić information content (AvgIpc) is 2.21. The molecule has 0 bridgehead atoms. The van der Waals surface area contributed by atoms with Gasteiger partial charge in [0.05, 0.1) is 31.5 Å². The van der Waals surface area contributed by atoms with E-state index in [0.717, 1.165) is 6.42 Å². The molecule has 0 saturated carbocycles. The molecule has 92 valence electrons. The molecule has 0 aliphatic rings. The van der Waals surface area contributed by atoms with Gasteiger partial charge in [-0.05, 0) is 26.2 Å². The summed E-state index contributed by atoms with van der Waals surface area (Å²) in [5, 5.41) is 8.80. The highest BCUT2D eigenvalue weighted by molar-refractivity contribution is 4.63. The minimum atomic E-state index is -0.102. The maximum atomic E-state index is 8.80. The highest BCUT2D eigenvalue weighted by Crippen LogP contribution is 2.13. The summed E-state index contributed by atoms with van der Waals surface area (Å²) in [6.45, 7) is 10.9. The predicted octanol–water partition coefficient (Wildman–Crippen LogP) is 2.22. The van der Waals surface area contributed by atoms with Gasteiger partial charge < -0.3 is 14.6 Å². The lowest BCUT2D eigenvalue weighted by atomic mass is 10.1. The van der Waals surface area contributed by atoms with E-state index in [0.29, 0.717) is 18.6 Å². The smallest absolute Gasteiger partial charge is 0.0784 e. The second-order valence-electron chi connectivity index (χ2n) is 4.46. The van der Waals surface area contributed by atoms with Gasteiger partial charge in [0, 0.05) is 0 Å². The van der Waals surface area contributed by atoms with Gasteiger partial charge in [-0.1, -0.05) is 20.8 Å². The third-order valence-corrected chi connectivity index (χ3v) is 2.43. The molecular weight excluding hydrogens is 192 g/mol. The molecule has 3 atom stereocenters. The van der Waals surface area contributed by atoms with Crippen molar-refractivity contribution in [2.24, 2.45) is 5.92 Å². The molecule has 0 aliphatic heterocycles. The van der Waals surface area contributed by atoms with Crippen LogP contribution in [0, 0.1) is 5.92 Å². The van der Waals surface area contributed by atoms with Crippen LogP contribution in [-0.2, 0) is 9.47 Å². The minimum absolute atomic E-state index is 0.0636. The molecule has 3 nitrogen and oxygen atoms in total. The highest BCUT2D eigenvalue weighted by Gasteiger charge is 2.15. The van der Waals surface area contributed by atoms with E-state index in [1.807, 2.05) is 13.8 Å². The van der Waals surface area contributed by atoms with Crippen molar-refractivity contribution in [1.29, 1.82) is 0 Å². The van der Waals surface area contributed by atoms with Gasteiger partial charge in [-0.3, -0.25) is 0 Å². The Kier molecular flexibility index (Phi) is 8.02. The Morgan fingerprint density at radius 1 is 1.07 bits per heavy atom. The van der Waals surface area contributed by atoms with Gasteiger partial charge in [0.25, 0.3) is 0 Å². The van der Waals surface area contributed by atoms with Crippen LogP contribution in [0.3, 0.4) is 0 Å². The van der Waals surface area contributed by atoms with E-state index in [-0.39, 0.29) is 18.8 Å². The zero-order chi connectivity index (χ0) is 11.8. The fraction of sp³-hybridized carbons (Fsp3) is 1.00. The van der Waals surface area contributed by atoms with E-state index in [9.17, 15) is 0 Å². The van der Waals surface area contributed by atoms with Gasteiger partial charge in [-0.15, -0.1) is 0 Å². The molecule has 1 N–H and O–H groups in total. The van der Waals surface area contributed by atoms with Gasteiger partial charge in [-0.25, -0.2) is 0 Å². The van der Waals surface area contributed by atoms with Crippen molar-refractivity contribution in [3.63, 3.8) is 0 Å². The molecule has 0 aliphatic carbocycles. The first-order valence-electron chi connectivity index (χ1n) is 5.89. The van der Waals surface area contributed by atoms with E-state index in [1.54, 1.807) is 0 Å². The molecule has 3 heteroatoms. The van der Waals surface area contributed by atoms with E-state index in [1.165, 1.54) is 0 Å². The van der Waals surface area contributed by atoms with Crippen molar-refractivity contribution in [1.82, 2.24) is 0 Å². The summed E-state index contributed by atoms with van der Waals surface area (Å²) in [6.07, 6.45) is 1.31. The zero-order valence-electron chi connectivity index (χ0n) is 10.7. The SMILES string of the molecule is CCC(OC(C)COC(C)CO)C(C)C. The van der Waals surface area contributed by atoms with Crippen molar-refractivity contribution in [3.05, 3.63) is 0 Å². The van der Waals surface area contributed by atoms with Crippen molar-refractivity contribution in [3.8, 4) is 0 Å². The average molecular weight is 218 g/mol. The zero-order valence-corrected chi connectivity index (χ0v) is 10.7. The van der Waals surface area contributed by atoms with Crippen molar-refractivity contribution in [2.75, 3.05) is 13.2 Å². The van der Waals surface area contributed by atoms with Crippen LogP contribution < -0.4 is 0 Å². The lowest BCUT2D eigenvalue weighted by molar-refractivity contribution is -0.0847. The maximum Gasteiger partial charge on any atom is 0.0784 e. The van der Waals surface area contributed by atoms with Crippen molar-refractivity contribution >= 4 is 0 Å². The normalized spacial score (nSPS) is 17.8. The topological polar surface area (TPSA) is 38.7 Å². The van der Waals surface area contributed by atoms with Gasteiger partial charge in [0.2, 0.25) is 0 Å². The van der Waals surface area contributed by atoms with Crippen molar-refractivity contribution in [2.45, 2.75) is 59.4 Å². The Balaban J connectivity index is 3.75. The van der Waals surface area contributed by atoms with E-state index >= 15 is 0 Å². The quantitative estimate of drug-likeness (QED) is 0.679. The maximum absolute atomic E-state index is 8.80. The lowest BCUT2D eigenvalue weighted by Gasteiger charge is -2.25. The summed E-state index contributed by atoms with van der Waals surface area (Å²) in [6, 6.07) is 0. The van der Waals surface area contributed by atoms with Gasteiger partial charge in [0.15, 0.2) is 0 Å². The standard InChI is InChI=1S/C12H26O3/c1-6-12(9(2)3)15-11(5)8-14-10(4)7-13/h9-13H,6-8H2,1-5H3. The highest BCUT2D eigenvalue weighted by atomic mass is 16.5. The Morgan fingerprint density at radius 3 is 2.07 bits per heavy atom. The van der Waals surface area contributed by atoms with Crippen LogP contribution in [0.2, 0.25) is 0 Å². The number of aliphatic hydroxyl groups is 1. The molecule has 0 spiro atoms. The van der Waals surface area contributed by atoms with Crippen LogP contribution in [0.5, 0.6) is 0 Å². The lowest BCUT2D eigenvalue weighted by Crippen LogP contribution is -2.29. The van der Waals surface area contributed by atoms with E-state index in [2.05, 4.69) is 20.8 Å². The fourth-order valence-electron chi connectivity index (χ4n) is 1.41. The van der Waals surface area contributed by atoms with Crippen LogP contribution in [-0.4, -0.2) is 36.6 Å². The molecule has 0 aromatic heterocycles. The molecule has 0 radical (unpaired) electrons. The predicted molar refractivity (Wildman–Crippen MR) is 62.0 cm³/mol. The summed E-state index contributed by atoms with van der Waals surface area (Å²) in [5.74, 6) is 0.535. The van der Waals surface area contributed by atoms with E-state index < -0.39 is 0 Å². The number of ether oxygens (including phenoxy) is 2. The number of rotatable bonds is 8. The molecule has 0 saturated heterocycles. The summed E-state index contributed by atoms with van der Waals surface area (Å²) in [4.78, 5) is 0. The molecule has 0 aromatic rings. The van der Waals surface area contributed by atoms with Crippen molar-refractivity contribution < 1.29 is 14.6 Å². The molecule has 0 aromatic carbocycles. The summed E-state index contributed by atoms with van der Waals surface area (Å²) in [7, 11) is 0. The van der Waals surface area contributed by atoms with E-state index in [4.69, 9.17) is 14.6 Å². The first-order valence-corrected chi connectivity index (χ1v) is 5.89. The first-order chi connectivity index (χ1) is 7.01.